The average molecular weight is 184 g/mol. The molecule has 0 heterocycles. The number of hydrogen-bond acceptors (Lipinski definition) is 2. The van der Waals surface area contributed by atoms with Crippen molar-refractivity contribution in [1.29, 1.82) is 0 Å². The Bertz CT molecular complexity index is 174. The number of carbonyl (C=O) groups excluding carboxylic acids is 1. The lowest BCUT2D eigenvalue weighted by Crippen LogP contribution is -2.40. The van der Waals surface area contributed by atoms with Gasteiger partial charge in [0.1, 0.15) is 0 Å². The monoisotopic (exact) mass is 184 g/mol. The van der Waals surface area contributed by atoms with Gasteiger partial charge in [-0.2, -0.15) is 0 Å². The molecule has 0 aromatic heterocycles. The smallest absolute Gasteiger partial charge is 0.217 e. The summed E-state index contributed by atoms with van der Waals surface area (Å²) in [5, 5.41) is 2.95. The van der Waals surface area contributed by atoms with Gasteiger partial charge >= 0.3 is 0 Å². The Morgan fingerprint density at radius 3 is 2.38 bits per heavy atom. The van der Waals surface area contributed by atoms with Gasteiger partial charge in [0, 0.05) is 19.0 Å². The fourth-order valence-corrected chi connectivity index (χ4v) is 2.08. The van der Waals surface area contributed by atoms with Gasteiger partial charge < -0.3 is 11.1 Å². The van der Waals surface area contributed by atoms with Crippen molar-refractivity contribution < 1.29 is 4.79 Å². The van der Waals surface area contributed by atoms with Gasteiger partial charge in [0.25, 0.3) is 0 Å². The summed E-state index contributed by atoms with van der Waals surface area (Å²) in [5.41, 5.74) is 5.81. The quantitative estimate of drug-likeness (QED) is 0.673. The Morgan fingerprint density at radius 2 is 1.92 bits per heavy atom. The largest absolute Gasteiger partial charge is 0.354 e. The first-order valence-electron chi connectivity index (χ1n) is 5.12. The predicted octanol–water partition coefficient (Wildman–Crippen LogP) is 1.03. The fourth-order valence-electron chi connectivity index (χ4n) is 2.08. The zero-order chi connectivity index (χ0) is 9.84. The van der Waals surface area contributed by atoms with E-state index in [-0.39, 0.29) is 5.91 Å². The molecule has 1 unspecified atom stereocenters. The number of hydrogen-bond donors (Lipinski definition) is 2. The number of amides is 1. The molecule has 3 heteroatoms. The lowest BCUT2D eigenvalue weighted by molar-refractivity contribution is -0.119. The molecule has 1 fully saturated rings. The molecule has 1 saturated carbocycles. The van der Waals surface area contributed by atoms with Crippen molar-refractivity contribution in [1.82, 2.24) is 5.32 Å². The maximum absolute atomic E-state index is 10.8. The van der Waals surface area contributed by atoms with Crippen LogP contribution in [0.3, 0.4) is 0 Å². The number of carbonyl (C=O) groups is 1. The third kappa shape index (κ3) is 3.35. The van der Waals surface area contributed by atoms with Crippen molar-refractivity contribution in [2.24, 2.45) is 11.7 Å². The first-order valence-corrected chi connectivity index (χ1v) is 5.12. The number of nitrogens with two attached hydrogens (primary N) is 1. The van der Waals surface area contributed by atoms with Gasteiger partial charge in [0.15, 0.2) is 0 Å². The Kier molecular flexibility index (Phi) is 3.72. The molecule has 0 spiro atoms. The molecule has 76 valence electrons. The van der Waals surface area contributed by atoms with Crippen molar-refractivity contribution in [2.75, 3.05) is 0 Å². The molecule has 1 amide bonds. The van der Waals surface area contributed by atoms with E-state index in [1.807, 2.05) is 0 Å². The molecule has 3 nitrogen and oxygen atoms in total. The van der Waals surface area contributed by atoms with Crippen molar-refractivity contribution in [3.8, 4) is 0 Å². The normalized spacial score (nSPS) is 31.0. The molecule has 13 heavy (non-hydrogen) atoms. The number of rotatable bonds is 2. The van der Waals surface area contributed by atoms with Crippen molar-refractivity contribution in [2.45, 2.75) is 51.6 Å². The summed E-state index contributed by atoms with van der Waals surface area (Å²) in [7, 11) is 0. The van der Waals surface area contributed by atoms with E-state index in [1.165, 1.54) is 0 Å². The molecule has 1 aliphatic rings. The second kappa shape index (κ2) is 4.61. The minimum Gasteiger partial charge on any atom is -0.354 e. The molecule has 1 atom stereocenters. The third-order valence-corrected chi connectivity index (χ3v) is 2.95. The molecule has 0 bridgehead atoms. The maximum atomic E-state index is 10.8. The summed E-state index contributed by atoms with van der Waals surface area (Å²) in [6.45, 7) is 3.66. The van der Waals surface area contributed by atoms with Crippen LogP contribution in [-0.2, 0) is 4.79 Å². The second-order valence-electron chi connectivity index (χ2n) is 4.16. The topological polar surface area (TPSA) is 55.1 Å². The molecule has 1 aliphatic carbocycles. The predicted molar refractivity (Wildman–Crippen MR) is 53.2 cm³/mol. The van der Waals surface area contributed by atoms with E-state index in [2.05, 4.69) is 12.2 Å². The van der Waals surface area contributed by atoms with Crippen LogP contribution in [-0.4, -0.2) is 18.0 Å². The highest BCUT2D eigenvalue weighted by molar-refractivity contribution is 5.73. The van der Waals surface area contributed by atoms with Gasteiger partial charge in [0.2, 0.25) is 5.91 Å². The lowest BCUT2D eigenvalue weighted by Gasteiger charge is -2.30. The van der Waals surface area contributed by atoms with Gasteiger partial charge in [-0.3, -0.25) is 4.79 Å². The molecule has 0 aromatic rings. The van der Waals surface area contributed by atoms with Crippen LogP contribution in [0.2, 0.25) is 0 Å². The average Bonchev–Trinajstić information content (AvgIpc) is 2.04. The summed E-state index contributed by atoms with van der Waals surface area (Å²) in [5.74, 6) is 0.700. The van der Waals surface area contributed by atoms with E-state index in [9.17, 15) is 4.79 Å². The van der Waals surface area contributed by atoms with Crippen LogP contribution in [0.4, 0.5) is 0 Å². The Labute approximate surface area is 80.1 Å². The van der Waals surface area contributed by atoms with Gasteiger partial charge in [0.05, 0.1) is 0 Å². The lowest BCUT2D eigenvalue weighted by atomic mass is 9.82. The van der Waals surface area contributed by atoms with E-state index in [4.69, 9.17) is 5.73 Å². The fraction of sp³-hybridized carbons (Fsp3) is 0.900. The zero-order valence-electron chi connectivity index (χ0n) is 8.55. The third-order valence-electron chi connectivity index (χ3n) is 2.95. The second-order valence-corrected chi connectivity index (χ2v) is 4.16. The molecule has 3 N–H and O–H groups in total. The van der Waals surface area contributed by atoms with Crippen LogP contribution in [0.5, 0.6) is 0 Å². The minimum absolute atomic E-state index is 0.0716. The molecule has 0 aliphatic heterocycles. The first-order chi connectivity index (χ1) is 6.09. The zero-order valence-corrected chi connectivity index (χ0v) is 8.55. The Morgan fingerprint density at radius 1 is 1.38 bits per heavy atom. The highest BCUT2D eigenvalue weighted by Gasteiger charge is 2.23. The van der Waals surface area contributed by atoms with E-state index in [0.29, 0.717) is 18.0 Å². The van der Waals surface area contributed by atoms with E-state index >= 15 is 0 Å². The van der Waals surface area contributed by atoms with Gasteiger partial charge in [-0.1, -0.05) is 0 Å². The van der Waals surface area contributed by atoms with E-state index in [1.54, 1.807) is 6.92 Å². The molecular weight excluding hydrogens is 164 g/mol. The van der Waals surface area contributed by atoms with Crippen LogP contribution in [0, 0.1) is 5.92 Å². The van der Waals surface area contributed by atoms with Crippen LogP contribution < -0.4 is 11.1 Å². The minimum atomic E-state index is 0.0716. The molecular formula is C10H20N2O. The molecule has 0 aromatic carbocycles. The van der Waals surface area contributed by atoms with Crippen LogP contribution in [0.15, 0.2) is 0 Å². The van der Waals surface area contributed by atoms with Crippen LogP contribution in [0.1, 0.15) is 39.5 Å². The molecule has 0 radical (unpaired) electrons. The maximum Gasteiger partial charge on any atom is 0.217 e. The van der Waals surface area contributed by atoms with Crippen LogP contribution >= 0.6 is 0 Å². The standard InChI is InChI=1S/C10H20N2O/c1-7(12-8(2)13)9-3-5-10(11)6-4-9/h7,9-10H,3-6,11H2,1-2H3,(H,12,13). The number of nitrogens with one attached hydrogen (secondary N) is 1. The van der Waals surface area contributed by atoms with Gasteiger partial charge in [-0.05, 0) is 38.5 Å². The van der Waals surface area contributed by atoms with Crippen molar-refractivity contribution >= 4 is 5.91 Å². The Hall–Kier alpha value is -0.570. The SMILES string of the molecule is CC(=O)NC(C)C1CCC(N)CC1. The molecule has 1 rings (SSSR count). The van der Waals surface area contributed by atoms with E-state index in [0.717, 1.165) is 25.7 Å². The van der Waals surface area contributed by atoms with Gasteiger partial charge in [-0.25, -0.2) is 0 Å². The van der Waals surface area contributed by atoms with Crippen LogP contribution in [0.25, 0.3) is 0 Å². The summed E-state index contributed by atoms with van der Waals surface area (Å²) in [6.07, 6.45) is 4.52. The molecule has 0 saturated heterocycles. The van der Waals surface area contributed by atoms with E-state index < -0.39 is 0 Å². The Balaban J connectivity index is 2.31. The van der Waals surface area contributed by atoms with Gasteiger partial charge in [-0.15, -0.1) is 0 Å². The summed E-state index contributed by atoms with van der Waals surface area (Å²) < 4.78 is 0. The summed E-state index contributed by atoms with van der Waals surface area (Å²) in [6, 6.07) is 0.700. The first kappa shape index (κ1) is 10.5. The van der Waals surface area contributed by atoms with Crippen molar-refractivity contribution in [3.05, 3.63) is 0 Å². The highest BCUT2D eigenvalue weighted by atomic mass is 16.1. The summed E-state index contributed by atoms with van der Waals surface area (Å²) >= 11 is 0. The van der Waals surface area contributed by atoms with Crippen molar-refractivity contribution in [3.63, 3.8) is 0 Å². The highest BCUT2D eigenvalue weighted by Crippen LogP contribution is 2.25. The summed E-state index contributed by atoms with van der Waals surface area (Å²) in [4.78, 5) is 10.8.